The summed E-state index contributed by atoms with van der Waals surface area (Å²) in [6.45, 7) is 14.0. The number of carbonyl (C=O) groups is 2. The number of ether oxygens (including phenoxy) is 3. The lowest BCUT2D eigenvalue weighted by Crippen LogP contribution is -2.52. The molecule has 3 aliphatic heterocycles. The van der Waals surface area contributed by atoms with Crippen molar-refractivity contribution in [1.29, 1.82) is 0 Å². The van der Waals surface area contributed by atoms with Crippen molar-refractivity contribution in [1.82, 2.24) is 15.0 Å². The summed E-state index contributed by atoms with van der Waals surface area (Å²) in [6, 6.07) is 31.7. The van der Waals surface area contributed by atoms with Crippen molar-refractivity contribution < 1.29 is 28.9 Å². The number of carbonyl (C=O) groups excluding carboxylic acids is 2. The van der Waals surface area contributed by atoms with Gasteiger partial charge in [-0.05, 0) is 93.6 Å². The molecule has 5 aromatic rings. The van der Waals surface area contributed by atoms with Gasteiger partial charge in [0.25, 0.3) is 11.8 Å². The van der Waals surface area contributed by atoms with E-state index in [4.69, 9.17) is 14.2 Å². The number of hydrogen-bond donors (Lipinski definition) is 1. The van der Waals surface area contributed by atoms with Crippen LogP contribution in [-0.4, -0.2) is 73.0 Å². The van der Waals surface area contributed by atoms with Gasteiger partial charge in [-0.2, -0.15) is 0 Å². The predicted octanol–water partition coefficient (Wildman–Crippen LogP) is 8.81. The summed E-state index contributed by atoms with van der Waals surface area (Å²) in [4.78, 5) is 32.9. The first kappa shape index (κ1) is 43.8. The normalized spacial score (nSPS) is 21.3. The molecular weight excluding hydrogens is 807 g/mol. The lowest BCUT2D eigenvalue weighted by molar-refractivity contribution is -0.145. The van der Waals surface area contributed by atoms with Gasteiger partial charge in [-0.25, -0.2) is 0 Å². The van der Waals surface area contributed by atoms with Gasteiger partial charge in [-0.15, -0.1) is 5.10 Å². The fourth-order valence-corrected chi connectivity index (χ4v) is 14.2. The summed E-state index contributed by atoms with van der Waals surface area (Å²) >= 11 is 0. The molecule has 2 amide bonds. The van der Waals surface area contributed by atoms with Crippen LogP contribution in [0.3, 0.4) is 0 Å². The molecule has 0 saturated carbocycles. The molecule has 11 nitrogen and oxygen atoms in total. The van der Waals surface area contributed by atoms with Crippen LogP contribution in [0.4, 0.5) is 17.1 Å². The lowest BCUT2D eigenvalue weighted by atomic mass is 9.82. The number of aromatic nitrogens is 3. The van der Waals surface area contributed by atoms with Crippen molar-refractivity contribution in [2.24, 2.45) is 5.92 Å². The Morgan fingerprint density at radius 2 is 1.71 bits per heavy atom. The minimum atomic E-state index is -2.47. The minimum absolute atomic E-state index is 0.0177. The smallest absolute Gasteiger partial charge is 0.269 e. The van der Waals surface area contributed by atoms with Crippen LogP contribution in [0, 0.1) is 5.92 Å². The van der Waals surface area contributed by atoms with E-state index in [0.29, 0.717) is 42.3 Å². The third kappa shape index (κ3) is 8.27. The highest BCUT2D eigenvalue weighted by Crippen LogP contribution is 2.60. The molecule has 3 aliphatic rings. The van der Waals surface area contributed by atoms with E-state index < -0.39 is 13.7 Å². The summed E-state index contributed by atoms with van der Waals surface area (Å²) in [7, 11) is -0.793. The van der Waals surface area contributed by atoms with E-state index in [2.05, 4.69) is 75.4 Å². The molecule has 5 atom stereocenters. The zero-order chi connectivity index (χ0) is 44.5. The quantitative estimate of drug-likeness (QED) is 0.0820. The van der Waals surface area contributed by atoms with Gasteiger partial charge in [0.05, 0.1) is 50.9 Å². The Balaban J connectivity index is 1.21. The summed E-state index contributed by atoms with van der Waals surface area (Å²) < 4.78 is 20.7. The third-order valence-corrected chi connectivity index (χ3v) is 17.8. The van der Waals surface area contributed by atoms with Crippen LogP contribution >= 0.6 is 0 Å². The molecule has 1 N–H and O–H groups in total. The van der Waals surface area contributed by atoms with Gasteiger partial charge in [0.1, 0.15) is 11.5 Å². The Morgan fingerprint density at radius 1 is 0.968 bits per heavy atom. The van der Waals surface area contributed by atoms with Gasteiger partial charge in [0.15, 0.2) is 12.2 Å². The molecule has 12 heteroatoms. The summed E-state index contributed by atoms with van der Waals surface area (Å²) in [5.41, 5.74) is 5.68. The van der Waals surface area contributed by atoms with E-state index in [1.165, 1.54) is 16.3 Å². The first-order valence-electron chi connectivity index (χ1n) is 22.1. The molecule has 1 unspecified atom stereocenters. The Morgan fingerprint density at radius 3 is 2.44 bits per heavy atom. The molecule has 1 saturated heterocycles. The summed E-state index contributed by atoms with van der Waals surface area (Å²) in [6.07, 6.45) is 8.39. The molecular formula is C51H59N5O6Si. The van der Waals surface area contributed by atoms with E-state index in [-0.39, 0.29) is 48.5 Å². The van der Waals surface area contributed by atoms with Gasteiger partial charge in [-0.1, -0.05) is 108 Å². The number of anilines is 3. The van der Waals surface area contributed by atoms with Crippen LogP contribution in [0.5, 0.6) is 11.5 Å². The average molecular weight is 866 g/mol. The molecule has 0 radical (unpaired) electrons. The molecule has 8 rings (SSSR count). The number of hydrogen-bond acceptors (Lipinski definition) is 8. The SMILES string of the molecule is COc1ccc([Si](C)(C)[C@H]2[C@H](CCn3cc(C(CO)c4ccccc4)nn3)O[C@@]3(C(=O)N(C/C=C(\C)CCC=C(C)C)c4ccc(N5C(=O)COc6ccccc65)cc43)[C@@H]2C)cc1. The molecule has 328 valence electrons. The first-order chi connectivity index (χ1) is 30.4. The van der Waals surface area contributed by atoms with Crippen LogP contribution in [0.25, 0.3) is 0 Å². The maximum absolute atomic E-state index is 15.6. The van der Waals surface area contributed by atoms with Crippen LogP contribution in [0.1, 0.15) is 69.7 Å². The van der Waals surface area contributed by atoms with Gasteiger partial charge < -0.3 is 24.2 Å². The molecule has 4 heterocycles. The lowest BCUT2D eigenvalue weighted by Gasteiger charge is -2.37. The van der Waals surface area contributed by atoms with Crippen molar-refractivity contribution in [2.75, 3.05) is 36.7 Å². The molecule has 0 bridgehead atoms. The molecule has 1 fully saturated rings. The van der Waals surface area contributed by atoms with Crippen molar-refractivity contribution in [3.05, 3.63) is 143 Å². The van der Waals surface area contributed by atoms with E-state index in [1.54, 1.807) is 12.0 Å². The fourth-order valence-electron chi connectivity index (χ4n) is 10.1. The van der Waals surface area contributed by atoms with E-state index in [9.17, 15) is 9.90 Å². The number of para-hydroxylation sites is 2. The molecule has 0 aliphatic carbocycles. The van der Waals surface area contributed by atoms with Gasteiger partial charge in [0.2, 0.25) is 0 Å². The second-order valence-electron chi connectivity index (χ2n) is 18.0. The van der Waals surface area contributed by atoms with Crippen molar-refractivity contribution in [2.45, 2.75) is 89.8 Å². The van der Waals surface area contributed by atoms with E-state index >= 15 is 4.79 Å². The maximum Gasteiger partial charge on any atom is 0.269 e. The van der Waals surface area contributed by atoms with Gasteiger partial charge in [-0.3, -0.25) is 19.2 Å². The van der Waals surface area contributed by atoms with Crippen LogP contribution in [-0.2, 0) is 26.5 Å². The highest BCUT2D eigenvalue weighted by Gasteiger charge is 2.66. The van der Waals surface area contributed by atoms with Gasteiger partial charge in [0, 0.05) is 36.5 Å². The number of aryl methyl sites for hydroxylation is 1. The Labute approximate surface area is 372 Å². The Bertz CT molecular complexity index is 2510. The zero-order valence-corrected chi connectivity index (χ0v) is 38.5. The first-order valence-corrected chi connectivity index (χ1v) is 25.1. The monoisotopic (exact) mass is 865 g/mol. The number of benzene rings is 4. The Kier molecular flexibility index (Phi) is 12.6. The van der Waals surface area contributed by atoms with E-state index in [1.807, 2.05) is 101 Å². The zero-order valence-electron chi connectivity index (χ0n) is 37.5. The second kappa shape index (κ2) is 18.1. The molecule has 1 spiro atoms. The number of fused-ring (bicyclic) bond motifs is 3. The van der Waals surface area contributed by atoms with E-state index in [0.717, 1.165) is 35.4 Å². The van der Waals surface area contributed by atoms with Crippen molar-refractivity contribution in [3.63, 3.8) is 0 Å². The number of rotatable bonds is 15. The van der Waals surface area contributed by atoms with Crippen molar-refractivity contribution in [3.8, 4) is 11.5 Å². The molecule has 63 heavy (non-hydrogen) atoms. The number of allylic oxidation sites excluding steroid dienone is 3. The molecule has 1 aromatic heterocycles. The number of methoxy groups -OCH3 is 1. The fraction of sp³-hybridized carbons (Fsp3) is 0.373. The molecule has 4 aromatic carbocycles. The number of nitrogens with zero attached hydrogens (tertiary/aromatic N) is 5. The Hall–Kier alpha value is -5.82. The largest absolute Gasteiger partial charge is 0.497 e. The number of aliphatic hydroxyl groups excluding tert-OH is 1. The number of amides is 2. The standard InChI is InChI=1S/C51H59N5O6Si/c1-34(2)14-13-15-35(3)26-29-55-44-25-20-38(56-45-18-11-12-19-46(45)61-33-48(56)58)30-42(44)51(50(55)59)36(4)49(63(6,7)40-23-21-39(60-5)22-24-40)47(62-51)27-28-54-31-43(52-53-54)41(32-57)37-16-9-8-10-17-37/h8-12,14,16-26,30-31,36,41,47,49,57H,13,15,27-29,32-33H2,1-7H3/b35-26+/t36-,41?,47+,49-,51+/m1/s1. The predicted molar refractivity (Wildman–Crippen MR) is 250 cm³/mol. The highest BCUT2D eigenvalue weighted by atomic mass is 28.3. The van der Waals surface area contributed by atoms with Crippen LogP contribution in [0.2, 0.25) is 18.6 Å². The summed E-state index contributed by atoms with van der Waals surface area (Å²) in [5, 5.41) is 20.7. The van der Waals surface area contributed by atoms with Crippen molar-refractivity contribution >= 4 is 42.1 Å². The minimum Gasteiger partial charge on any atom is -0.497 e. The second-order valence-corrected chi connectivity index (χ2v) is 22.7. The summed E-state index contributed by atoms with van der Waals surface area (Å²) in [5.74, 6) is 0.581. The third-order valence-electron chi connectivity index (χ3n) is 13.4. The average Bonchev–Trinajstić information content (AvgIpc) is 3.94. The maximum atomic E-state index is 15.6. The van der Waals surface area contributed by atoms with Crippen LogP contribution < -0.4 is 24.5 Å². The highest BCUT2D eigenvalue weighted by molar-refractivity contribution is 6.91. The number of aliphatic hydroxyl groups is 1. The van der Waals surface area contributed by atoms with Crippen LogP contribution in [0.15, 0.2) is 127 Å². The topological polar surface area (TPSA) is 119 Å². The van der Waals surface area contributed by atoms with Gasteiger partial charge >= 0.3 is 0 Å².